The Kier molecular flexibility index (Phi) is 3.67. The van der Waals surface area contributed by atoms with E-state index in [1.165, 1.54) is 0 Å². The van der Waals surface area contributed by atoms with Gasteiger partial charge in [-0.25, -0.2) is 0 Å². The van der Waals surface area contributed by atoms with Crippen LogP contribution in [0.1, 0.15) is 19.8 Å². The van der Waals surface area contributed by atoms with E-state index in [0.717, 1.165) is 0 Å². The predicted octanol–water partition coefficient (Wildman–Crippen LogP) is 1.77. The molecule has 0 amide bonds. The summed E-state index contributed by atoms with van der Waals surface area (Å²) < 4.78 is 15.6. The molecule has 0 bridgehead atoms. The number of carbonyl (C=O) groups is 1. The molecule has 0 aliphatic carbocycles. The molecule has 0 fully saturated rings. The molecule has 0 saturated heterocycles. The number of carbonyl (C=O) groups excluding carboxylic acids is 1. The molecule has 52 valence electrons. The van der Waals surface area contributed by atoms with Crippen LogP contribution in [0.5, 0.6) is 0 Å². The molecule has 0 aromatic carbocycles. The minimum atomic E-state index is -1.03. The van der Waals surface area contributed by atoms with Gasteiger partial charge in [-0.1, -0.05) is 6.92 Å². The molecule has 0 heterocycles. The molecule has 0 aromatic heterocycles. The van der Waals surface area contributed by atoms with Gasteiger partial charge in [0.25, 0.3) is 6.01 Å². The van der Waals surface area contributed by atoms with Gasteiger partial charge in [0.1, 0.15) is 0 Å². The molecular weight excluding hydrogens is 123 g/mol. The van der Waals surface area contributed by atoms with E-state index in [1.54, 1.807) is 0 Å². The van der Waals surface area contributed by atoms with Gasteiger partial charge in [-0.3, -0.25) is 4.79 Å². The summed E-state index contributed by atoms with van der Waals surface area (Å²) in [5.74, 6) is -0.565. The molecule has 0 unspecified atom stereocenters. The van der Waals surface area contributed by atoms with E-state index in [-0.39, 0.29) is 6.42 Å². The maximum absolute atomic E-state index is 11.6. The molecule has 9 heavy (non-hydrogen) atoms. The lowest BCUT2D eigenvalue weighted by atomic mass is 10.3. The first-order valence-corrected chi connectivity index (χ1v) is 2.72. The highest BCUT2D eigenvalue weighted by Crippen LogP contribution is 1.98. The average Bonchev–Trinajstić information content (AvgIpc) is 1.63. The van der Waals surface area contributed by atoms with Gasteiger partial charge in [0.2, 0.25) is 0 Å². The molecule has 0 saturated carbocycles. The number of halogens is 1. The SMILES string of the molecule is C=C(F)OC(=O)CCC. The third-order valence-corrected chi connectivity index (χ3v) is 0.679. The molecular formula is C6H9FO2. The second kappa shape index (κ2) is 4.06. The van der Waals surface area contributed by atoms with Gasteiger partial charge in [-0.15, -0.1) is 0 Å². The van der Waals surface area contributed by atoms with Gasteiger partial charge in [0.15, 0.2) is 0 Å². The third kappa shape index (κ3) is 5.00. The number of rotatable bonds is 3. The lowest BCUT2D eigenvalue weighted by Crippen LogP contribution is -1.99. The monoisotopic (exact) mass is 132 g/mol. The largest absolute Gasteiger partial charge is 0.399 e. The smallest absolute Gasteiger partial charge is 0.313 e. The van der Waals surface area contributed by atoms with Crippen LogP contribution >= 0.6 is 0 Å². The van der Waals surface area contributed by atoms with Crippen molar-refractivity contribution in [3.05, 3.63) is 12.6 Å². The second-order valence-electron chi connectivity index (χ2n) is 1.58. The van der Waals surface area contributed by atoms with Gasteiger partial charge >= 0.3 is 5.97 Å². The minimum Gasteiger partial charge on any atom is -0.399 e. The standard InChI is InChI=1S/C6H9FO2/c1-3-4-6(8)9-5(2)7/h2-4H2,1H3. The van der Waals surface area contributed by atoms with Gasteiger partial charge in [0, 0.05) is 6.42 Å². The highest BCUT2D eigenvalue weighted by Gasteiger charge is 2.00. The van der Waals surface area contributed by atoms with E-state index >= 15 is 0 Å². The molecule has 0 aromatic rings. The lowest BCUT2D eigenvalue weighted by molar-refractivity contribution is -0.141. The van der Waals surface area contributed by atoms with Gasteiger partial charge in [0.05, 0.1) is 0 Å². The third-order valence-electron chi connectivity index (χ3n) is 0.679. The zero-order valence-corrected chi connectivity index (χ0v) is 5.32. The fourth-order valence-electron chi connectivity index (χ4n) is 0.379. The van der Waals surface area contributed by atoms with Crippen molar-refractivity contribution < 1.29 is 13.9 Å². The molecule has 2 nitrogen and oxygen atoms in total. The van der Waals surface area contributed by atoms with Crippen molar-refractivity contribution in [1.82, 2.24) is 0 Å². The molecule has 0 aliphatic heterocycles. The molecule has 0 N–H and O–H groups in total. The average molecular weight is 132 g/mol. The van der Waals surface area contributed by atoms with E-state index < -0.39 is 12.0 Å². The van der Waals surface area contributed by atoms with Crippen LogP contribution in [-0.4, -0.2) is 5.97 Å². The Labute approximate surface area is 53.3 Å². The van der Waals surface area contributed by atoms with E-state index in [1.807, 2.05) is 6.92 Å². The zero-order valence-electron chi connectivity index (χ0n) is 5.32. The lowest BCUT2D eigenvalue weighted by Gasteiger charge is -1.95. The van der Waals surface area contributed by atoms with Crippen LogP contribution in [0.2, 0.25) is 0 Å². The van der Waals surface area contributed by atoms with Crippen LogP contribution < -0.4 is 0 Å². The second-order valence-corrected chi connectivity index (χ2v) is 1.58. The van der Waals surface area contributed by atoms with Crippen molar-refractivity contribution in [1.29, 1.82) is 0 Å². The fourth-order valence-corrected chi connectivity index (χ4v) is 0.379. The van der Waals surface area contributed by atoms with E-state index in [9.17, 15) is 9.18 Å². The highest BCUT2D eigenvalue weighted by molar-refractivity contribution is 5.70. The molecule has 0 spiro atoms. The Bertz CT molecular complexity index is 120. The number of hydrogen-bond donors (Lipinski definition) is 0. The fraction of sp³-hybridized carbons (Fsp3) is 0.500. The summed E-state index contributed by atoms with van der Waals surface area (Å²) in [4.78, 5) is 10.3. The molecule has 0 aliphatic rings. The van der Waals surface area contributed by atoms with Gasteiger partial charge < -0.3 is 4.74 Å². The maximum Gasteiger partial charge on any atom is 0.313 e. The summed E-state index contributed by atoms with van der Waals surface area (Å²) in [5.41, 5.74) is 0. The minimum absolute atomic E-state index is 0.239. The first-order chi connectivity index (χ1) is 4.16. The van der Waals surface area contributed by atoms with Crippen LogP contribution in [0.3, 0.4) is 0 Å². The van der Waals surface area contributed by atoms with Crippen molar-refractivity contribution in [2.75, 3.05) is 0 Å². The van der Waals surface area contributed by atoms with Crippen molar-refractivity contribution in [3.8, 4) is 0 Å². The van der Waals surface area contributed by atoms with E-state index in [2.05, 4.69) is 11.3 Å². The quantitative estimate of drug-likeness (QED) is 0.432. The van der Waals surface area contributed by atoms with Crippen LogP contribution in [0.25, 0.3) is 0 Å². The first-order valence-electron chi connectivity index (χ1n) is 2.72. The number of esters is 1. The summed E-state index contributed by atoms with van der Waals surface area (Å²) in [7, 11) is 0. The Balaban J connectivity index is 3.39. The van der Waals surface area contributed by atoms with Gasteiger partial charge in [-0.2, -0.15) is 4.39 Å². The van der Waals surface area contributed by atoms with Crippen LogP contribution in [0, 0.1) is 0 Å². The van der Waals surface area contributed by atoms with Crippen molar-refractivity contribution >= 4 is 5.97 Å². The summed E-state index contributed by atoms with van der Waals surface area (Å²) in [6, 6.07) is -1.03. The summed E-state index contributed by atoms with van der Waals surface area (Å²) >= 11 is 0. The van der Waals surface area contributed by atoms with Crippen LogP contribution in [0.15, 0.2) is 12.6 Å². The van der Waals surface area contributed by atoms with Crippen molar-refractivity contribution in [3.63, 3.8) is 0 Å². The molecule has 0 radical (unpaired) electrons. The Morgan fingerprint density at radius 1 is 1.78 bits per heavy atom. The zero-order chi connectivity index (χ0) is 7.28. The Hall–Kier alpha value is -0.860. The molecule has 0 rings (SSSR count). The number of ether oxygens (including phenoxy) is 1. The topological polar surface area (TPSA) is 26.3 Å². The van der Waals surface area contributed by atoms with Crippen LogP contribution in [0.4, 0.5) is 4.39 Å². The van der Waals surface area contributed by atoms with Crippen molar-refractivity contribution in [2.24, 2.45) is 0 Å². The first kappa shape index (κ1) is 8.14. The summed E-state index contributed by atoms with van der Waals surface area (Å²) in [5, 5.41) is 0. The van der Waals surface area contributed by atoms with Gasteiger partial charge in [-0.05, 0) is 13.0 Å². The van der Waals surface area contributed by atoms with Crippen LogP contribution in [-0.2, 0) is 9.53 Å². The normalized spacial score (nSPS) is 8.67. The Morgan fingerprint density at radius 2 is 2.33 bits per heavy atom. The number of hydrogen-bond acceptors (Lipinski definition) is 2. The van der Waals surface area contributed by atoms with E-state index in [0.29, 0.717) is 6.42 Å². The Morgan fingerprint density at radius 3 is 2.67 bits per heavy atom. The summed E-state index contributed by atoms with van der Waals surface area (Å²) in [6.07, 6.45) is 0.898. The molecule has 0 atom stereocenters. The van der Waals surface area contributed by atoms with E-state index in [4.69, 9.17) is 0 Å². The predicted molar refractivity (Wildman–Crippen MR) is 31.2 cm³/mol. The van der Waals surface area contributed by atoms with Crippen molar-refractivity contribution in [2.45, 2.75) is 19.8 Å². The maximum atomic E-state index is 11.6. The highest BCUT2D eigenvalue weighted by atomic mass is 19.1. The molecule has 3 heteroatoms. The summed E-state index contributed by atoms with van der Waals surface area (Å²) in [6.45, 7) is 4.58.